The Labute approximate surface area is 182 Å². The van der Waals surface area contributed by atoms with Gasteiger partial charge >= 0.3 is 6.18 Å². The Morgan fingerprint density at radius 1 is 1.06 bits per heavy atom. The summed E-state index contributed by atoms with van der Waals surface area (Å²) in [7, 11) is 0. The highest BCUT2D eigenvalue weighted by atomic mass is 35.5. The number of aryl methyl sites for hydroxylation is 1. The Morgan fingerprint density at radius 3 is 2.52 bits per heavy atom. The Balaban J connectivity index is 1.54. The third-order valence-electron chi connectivity index (χ3n) is 4.49. The molecule has 3 rings (SSSR count). The molecule has 0 saturated carbocycles. The zero-order valence-electron chi connectivity index (χ0n) is 16.5. The van der Waals surface area contributed by atoms with Gasteiger partial charge in [0.25, 0.3) is 0 Å². The SMILES string of the molecule is OCCCCc1ccc(OCc2coc(/C=C/c3ccc(C(F)(F)F)cc3)n2)cc1Cl. The van der Waals surface area contributed by atoms with Gasteiger partial charge in [-0.05, 0) is 60.7 Å². The molecule has 2 aromatic carbocycles. The first-order valence-corrected chi connectivity index (χ1v) is 10.0. The molecule has 0 radical (unpaired) electrons. The number of hydrogen-bond donors (Lipinski definition) is 1. The van der Waals surface area contributed by atoms with Gasteiger partial charge in [-0.15, -0.1) is 0 Å². The fraction of sp³-hybridized carbons (Fsp3) is 0.261. The van der Waals surface area contributed by atoms with Gasteiger partial charge in [0.15, 0.2) is 0 Å². The molecule has 0 atom stereocenters. The van der Waals surface area contributed by atoms with Gasteiger partial charge in [-0.2, -0.15) is 13.2 Å². The van der Waals surface area contributed by atoms with Crippen molar-refractivity contribution >= 4 is 23.8 Å². The summed E-state index contributed by atoms with van der Waals surface area (Å²) in [5.41, 5.74) is 1.46. The van der Waals surface area contributed by atoms with E-state index in [1.807, 2.05) is 12.1 Å². The monoisotopic (exact) mass is 451 g/mol. The number of nitrogens with zero attached hydrogens (tertiary/aromatic N) is 1. The number of ether oxygens (including phenoxy) is 1. The van der Waals surface area contributed by atoms with Crippen LogP contribution in [0.3, 0.4) is 0 Å². The average Bonchev–Trinajstić information content (AvgIpc) is 3.20. The number of oxazole rings is 1. The molecule has 0 aliphatic heterocycles. The van der Waals surface area contributed by atoms with Crippen LogP contribution in [0.1, 0.15) is 41.1 Å². The summed E-state index contributed by atoms with van der Waals surface area (Å²) >= 11 is 6.28. The maximum Gasteiger partial charge on any atom is 0.416 e. The number of halogens is 4. The molecular formula is C23H21ClF3NO3. The summed E-state index contributed by atoms with van der Waals surface area (Å²) in [4.78, 5) is 4.27. The average molecular weight is 452 g/mol. The van der Waals surface area contributed by atoms with Crippen molar-refractivity contribution in [2.24, 2.45) is 0 Å². The van der Waals surface area contributed by atoms with Crippen LogP contribution >= 0.6 is 11.6 Å². The van der Waals surface area contributed by atoms with Crippen molar-refractivity contribution < 1.29 is 27.4 Å². The van der Waals surface area contributed by atoms with E-state index in [1.54, 1.807) is 18.2 Å². The second-order valence-electron chi connectivity index (χ2n) is 6.85. The Hall–Kier alpha value is -2.77. The van der Waals surface area contributed by atoms with Crippen LogP contribution in [0.2, 0.25) is 5.02 Å². The molecule has 1 N–H and O–H groups in total. The molecule has 0 amide bonds. The van der Waals surface area contributed by atoms with Crippen molar-refractivity contribution in [3.8, 4) is 5.75 Å². The van der Waals surface area contributed by atoms with Gasteiger partial charge in [0.05, 0.1) is 5.56 Å². The summed E-state index contributed by atoms with van der Waals surface area (Å²) in [6.45, 7) is 0.343. The molecule has 0 aliphatic rings. The molecule has 4 nitrogen and oxygen atoms in total. The molecule has 164 valence electrons. The van der Waals surface area contributed by atoms with E-state index in [1.165, 1.54) is 18.4 Å². The lowest BCUT2D eigenvalue weighted by molar-refractivity contribution is -0.137. The molecule has 1 heterocycles. The molecule has 1 aromatic heterocycles. The fourth-order valence-electron chi connectivity index (χ4n) is 2.82. The van der Waals surface area contributed by atoms with Crippen molar-refractivity contribution in [2.45, 2.75) is 32.0 Å². The van der Waals surface area contributed by atoms with Crippen molar-refractivity contribution in [3.05, 3.63) is 82.0 Å². The van der Waals surface area contributed by atoms with Crippen molar-refractivity contribution in [2.75, 3.05) is 6.61 Å². The van der Waals surface area contributed by atoms with Crippen LogP contribution in [0.15, 0.2) is 53.1 Å². The van der Waals surface area contributed by atoms with Crippen LogP contribution in [-0.4, -0.2) is 16.7 Å². The first-order valence-electron chi connectivity index (χ1n) is 9.67. The van der Waals surface area contributed by atoms with Crippen LogP contribution < -0.4 is 4.74 Å². The van der Waals surface area contributed by atoms with Gasteiger partial charge in [0.1, 0.15) is 24.3 Å². The van der Waals surface area contributed by atoms with Gasteiger partial charge in [-0.1, -0.05) is 29.8 Å². The highest BCUT2D eigenvalue weighted by molar-refractivity contribution is 6.31. The summed E-state index contributed by atoms with van der Waals surface area (Å²) in [6, 6.07) is 10.3. The molecule has 0 aliphatic carbocycles. The summed E-state index contributed by atoms with van der Waals surface area (Å²) in [5, 5.41) is 9.46. The number of aliphatic hydroxyl groups is 1. The number of unbranched alkanes of at least 4 members (excludes halogenated alkanes) is 1. The second kappa shape index (κ2) is 10.5. The molecule has 0 spiro atoms. The van der Waals surface area contributed by atoms with Crippen molar-refractivity contribution in [1.29, 1.82) is 0 Å². The van der Waals surface area contributed by atoms with E-state index in [0.29, 0.717) is 27.9 Å². The number of benzene rings is 2. The Kier molecular flexibility index (Phi) is 7.76. The number of rotatable bonds is 9. The van der Waals surface area contributed by atoms with Gasteiger partial charge in [0, 0.05) is 17.7 Å². The molecule has 3 aromatic rings. The minimum atomic E-state index is -4.36. The van der Waals surface area contributed by atoms with E-state index >= 15 is 0 Å². The third-order valence-corrected chi connectivity index (χ3v) is 4.84. The van der Waals surface area contributed by atoms with Crippen molar-refractivity contribution in [3.63, 3.8) is 0 Å². The number of alkyl halides is 3. The lowest BCUT2D eigenvalue weighted by Crippen LogP contribution is -2.03. The van der Waals surface area contributed by atoms with E-state index in [0.717, 1.165) is 37.0 Å². The van der Waals surface area contributed by atoms with Gasteiger partial charge in [-0.25, -0.2) is 4.98 Å². The summed E-state index contributed by atoms with van der Waals surface area (Å²) in [6.07, 6.45) is 2.67. The quantitative estimate of drug-likeness (QED) is 0.382. The minimum Gasteiger partial charge on any atom is -0.487 e. The van der Waals surface area contributed by atoms with E-state index in [2.05, 4.69) is 4.98 Å². The summed E-state index contributed by atoms with van der Waals surface area (Å²) < 4.78 is 48.9. The lowest BCUT2D eigenvalue weighted by atomic mass is 10.1. The molecule has 31 heavy (non-hydrogen) atoms. The van der Waals surface area contributed by atoms with Crippen LogP contribution in [0, 0.1) is 0 Å². The van der Waals surface area contributed by atoms with E-state index in [9.17, 15) is 13.2 Å². The minimum absolute atomic E-state index is 0.165. The highest BCUT2D eigenvalue weighted by Gasteiger charge is 2.29. The molecule has 0 bridgehead atoms. The van der Waals surface area contributed by atoms with Crippen LogP contribution in [0.5, 0.6) is 5.75 Å². The number of hydrogen-bond acceptors (Lipinski definition) is 4. The third kappa shape index (κ3) is 6.87. The standard InChI is InChI=1S/C23H21ClF3NO3/c24-21-13-20(10-7-17(21)3-1-2-12-29)30-14-19-15-31-22(28-19)11-6-16-4-8-18(9-5-16)23(25,26)27/h4-11,13,15,29H,1-3,12,14H2/b11-6+. The maximum atomic E-state index is 12.6. The maximum absolute atomic E-state index is 12.6. The highest BCUT2D eigenvalue weighted by Crippen LogP contribution is 2.29. The van der Waals surface area contributed by atoms with E-state index < -0.39 is 11.7 Å². The predicted octanol–water partition coefficient (Wildman–Crippen LogP) is 6.41. The predicted molar refractivity (Wildman–Crippen MR) is 113 cm³/mol. The fourth-order valence-corrected chi connectivity index (χ4v) is 3.09. The molecule has 0 unspecified atom stereocenters. The van der Waals surface area contributed by atoms with Gasteiger partial charge in [0.2, 0.25) is 5.89 Å². The van der Waals surface area contributed by atoms with Gasteiger partial charge < -0.3 is 14.3 Å². The molecular weight excluding hydrogens is 431 g/mol. The molecule has 0 saturated heterocycles. The zero-order chi connectivity index (χ0) is 22.3. The summed E-state index contributed by atoms with van der Waals surface area (Å²) in [5.74, 6) is 0.913. The number of aromatic nitrogens is 1. The Morgan fingerprint density at radius 2 is 1.84 bits per heavy atom. The lowest BCUT2D eigenvalue weighted by Gasteiger charge is -2.08. The first kappa shape index (κ1) is 22.9. The van der Waals surface area contributed by atoms with Crippen molar-refractivity contribution in [1.82, 2.24) is 4.98 Å². The van der Waals surface area contributed by atoms with Crippen LogP contribution in [0.25, 0.3) is 12.2 Å². The topological polar surface area (TPSA) is 55.5 Å². The zero-order valence-corrected chi connectivity index (χ0v) is 17.3. The van der Waals surface area contributed by atoms with E-state index in [4.69, 9.17) is 25.9 Å². The van der Waals surface area contributed by atoms with Crippen LogP contribution in [0.4, 0.5) is 13.2 Å². The smallest absolute Gasteiger partial charge is 0.416 e. The van der Waals surface area contributed by atoms with E-state index in [-0.39, 0.29) is 13.2 Å². The van der Waals surface area contributed by atoms with Crippen LogP contribution in [-0.2, 0) is 19.2 Å². The molecule has 8 heteroatoms. The van der Waals surface area contributed by atoms with Gasteiger partial charge in [-0.3, -0.25) is 0 Å². The number of aliphatic hydroxyl groups excluding tert-OH is 1. The largest absolute Gasteiger partial charge is 0.487 e. The second-order valence-corrected chi connectivity index (χ2v) is 7.26. The molecule has 0 fully saturated rings. The normalized spacial score (nSPS) is 11.9. The Bertz CT molecular complexity index is 1010. The first-order chi connectivity index (χ1) is 14.8.